The Labute approximate surface area is 101 Å². The third-order valence-electron chi connectivity index (χ3n) is 2.41. The maximum atomic E-state index is 5.99. The topological polar surface area (TPSA) is 0 Å². The van der Waals surface area contributed by atoms with Gasteiger partial charge in [-0.2, -0.15) is 0 Å². The highest BCUT2D eigenvalue weighted by molar-refractivity contribution is 9.10. The minimum Gasteiger partial charge on any atom is -0.142 e. The highest BCUT2D eigenvalue weighted by Crippen LogP contribution is 2.35. The van der Waals surface area contributed by atoms with Crippen molar-refractivity contribution >= 4 is 49.0 Å². The molecular formula is C11H10BrClS. The van der Waals surface area contributed by atoms with Gasteiger partial charge in [0, 0.05) is 25.8 Å². The fraction of sp³-hybridized carbons (Fsp3) is 0.273. The number of halogens is 2. The summed E-state index contributed by atoms with van der Waals surface area (Å²) in [5, 5.41) is 3.41. The van der Waals surface area contributed by atoms with E-state index in [1.807, 2.05) is 0 Å². The van der Waals surface area contributed by atoms with E-state index in [1.165, 1.54) is 25.7 Å². The van der Waals surface area contributed by atoms with Crippen molar-refractivity contribution in [2.75, 3.05) is 0 Å². The second-order valence-electron chi connectivity index (χ2n) is 3.15. The first-order valence-electron chi connectivity index (χ1n) is 4.51. The molecule has 0 amide bonds. The van der Waals surface area contributed by atoms with E-state index in [9.17, 15) is 0 Å². The van der Waals surface area contributed by atoms with Gasteiger partial charge in [-0.1, -0.05) is 19.1 Å². The number of hydrogen-bond acceptors (Lipinski definition) is 1. The van der Waals surface area contributed by atoms with Crippen LogP contribution >= 0.6 is 38.9 Å². The lowest BCUT2D eigenvalue weighted by Crippen LogP contribution is -1.89. The van der Waals surface area contributed by atoms with Gasteiger partial charge in [-0.05, 0) is 33.5 Å². The van der Waals surface area contributed by atoms with Gasteiger partial charge in [0.05, 0.1) is 0 Å². The molecule has 74 valence electrons. The second-order valence-corrected chi connectivity index (χ2v) is 5.15. The molecule has 0 aliphatic rings. The van der Waals surface area contributed by atoms with E-state index < -0.39 is 0 Å². The number of rotatable bonds is 2. The zero-order valence-electron chi connectivity index (χ0n) is 7.81. The smallest absolute Gasteiger partial charge is 0.0491 e. The Morgan fingerprint density at radius 2 is 2.21 bits per heavy atom. The molecule has 1 aromatic heterocycles. The molecule has 0 radical (unpaired) electrons. The van der Waals surface area contributed by atoms with Gasteiger partial charge in [-0.25, -0.2) is 0 Å². The Morgan fingerprint density at radius 3 is 2.86 bits per heavy atom. The van der Waals surface area contributed by atoms with Crippen molar-refractivity contribution in [1.82, 2.24) is 0 Å². The standard InChI is InChI=1S/C11H10BrClS/c1-2-7-3-4-8-10(12)6-14-11(8)9(7)5-13/h3-4,6H,2,5H2,1H3. The monoisotopic (exact) mass is 288 g/mol. The van der Waals surface area contributed by atoms with Crippen molar-refractivity contribution in [2.24, 2.45) is 0 Å². The summed E-state index contributed by atoms with van der Waals surface area (Å²) in [5.74, 6) is 0.605. The minimum absolute atomic E-state index is 0.605. The number of hydrogen-bond donors (Lipinski definition) is 0. The highest BCUT2D eigenvalue weighted by atomic mass is 79.9. The predicted octanol–water partition coefficient (Wildman–Crippen LogP) is 4.97. The summed E-state index contributed by atoms with van der Waals surface area (Å²) in [6, 6.07) is 4.35. The maximum Gasteiger partial charge on any atom is 0.0491 e. The lowest BCUT2D eigenvalue weighted by Gasteiger charge is -2.05. The summed E-state index contributed by atoms with van der Waals surface area (Å²) in [6.45, 7) is 2.17. The molecule has 0 fully saturated rings. The van der Waals surface area contributed by atoms with E-state index in [4.69, 9.17) is 11.6 Å². The molecule has 3 heteroatoms. The predicted molar refractivity (Wildman–Crippen MR) is 68.5 cm³/mol. The number of fused-ring (bicyclic) bond motifs is 1. The van der Waals surface area contributed by atoms with Gasteiger partial charge >= 0.3 is 0 Å². The fourth-order valence-electron chi connectivity index (χ4n) is 1.64. The quantitative estimate of drug-likeness (QED) is 0.685. The first-order valence-corrected chi connectivity index (χ1v) is 6.72. The summed E-state index contributed by atoms with van der Waals surface area (Å²) >= 11 is 11.3. The maximum absolute atomic E-state index is 5.99. The molecule has 0 saturated carbocycles. The van der Waals surface area contributed by atoms with E-state index >= 15 is 0 Å². The van der Waals surface area contributed by atoms with Crippen LogP contribution in [0.3, 0.4) is 0 Å². The Bertz CT molecular complexity index is 462. The van der Waals surface area contributed by atoms with Gasteiger partial charge in [0.25, 0.3) is 0 Å². The zero-order chi connectivity index (χ0) is 10.1. The SMILES string of the molecule is CCc1ccc2c(Br)csc2c1CCl. The van der Waals surface area contributed by atoms with Crippen molar-refractivity contribution in [1.29, 1.82) is 0 Å². The molecule has 0 atom stereocenters. The molecule has 14 heavy (non-hydrogen) atoms. The molecule has 0 spiro atoms. The number of benzene rings is 1. The highest BCUT2D eigenvalue weighted by Gasteiger charge is 2.09. The summed E-state index contributed by atoms with van der Waals surface area (Å²) in [5.41, 5.74) is 2.66. The summed E-state index contributed by atoms with van der Waals surface area (Å²) < 4.78 is 2.50. The van der Waals surface area contributed by atoms with Crippen LogP contribution in [0.2, 0.25) is 0 Å². The largest absolute Gasteiger partial charge is 0.142 e. The van der Waals surface area contributed by atoms with Crippen molar-refractivity contribution < 1.29 is 0 Å². The Morgan fingerprint density at radius 1 is 1.43 bits per heavy atom. The molecule has 0 nitrogen and oxygen atoms in total. The van der Waals surface area contributed by atoms with Gasteiger partial charge in [0.2, 0.25) is 0 Å². The van der Waals surface area contributed by atoms with Crippen LogP contribution in [0, 0.1) is 0 Å². The Hall–Kier alpha value is -0.0500. The molecule has 2 rings (SSSR count). The average Bonchev–Trinajstić information content (AvgIpc) is 2.59. The van der Waals surface area contributed by atoms with Crippen LogP contribution in [0.1, 0.15) is 18.1 Å². The molecule has 0 saturated heterocycles. The van der Waals surface area contributed by atoms with Gasteiger partial charge in [0.15, 0.2) is 0 Å². The van der Waals surface area contributed by atoms with Crippen molar-refractivity contribution in [3.05, 3.63) is 33.1 Å². The van der Waals surface area contributed by atoms with E-state index in [0.29, 0.717) is 5.88 Å². The molecule has 0 aliphatic carbocycles. The third kappa shape index (κ3) is 1.60. The lowest BCUT2D eigenvalue weighted by atomic mass is 10.0. The fourth-order valence-corrected chi connectivity index (χ4v) is 3.77. The first-order chi connectivity index (χ1) is 6.77. The molecule has 0 N–H and O–H groups in total. The molecule has 1 heterocycles. The van der Waals surface area contributed by atoms with Crippen LogP contribution in [0.4, 0.5) is 0 Å². The molecule has 1 aromatic carbocycles. The number of thiophene rings is 1. The van der Waals surface area contributed by atoms with Crippen LogP contribution in [-0.4, -0.2) is 0 Å². The van der Waals surface area contributed by atoms with Crippen molar-refractivity contribution in [3.8, 4) is 0 Å². The molecule has 2 aromatic rings. The molecule has 0 aliphatic heterocycles. The number of aryl methyl sites for hydroxylation is 1. The third-order valence-corrected chi connectivity index (χ3v) is 4.69. The van der Waals surface area contributed by atoms with Gasteiger partial charge in [-0.15, -0.1) is 22.9 Å². The van der Waals surface area contributed by atoms with Crippen LogP contribution < -0.4 is 0 Å². The normalized spacial score (nSPS) is 11.1. The van der Waals surface area contributed by atoms with Gasteiger partial charge in [-0.3, -0.25) is 0 Å². The summed E-state index contributed by atoms with van der Waals surface area (Å²) in [4.78, 5) is 0. The van der Waals surface area contributed by atoms with Gasteiger partial charge in [0.1, 0.15) is 0 Å². The minimum atomic E-state index is 0.605. The second kappa shape index (κ2) is 4.21. The van der Waals surface area contributed by atoms with Crippen molar-refractivity contribution in [2.45, 2.75) is 19.2 Å². The van der Waals surface area contributed by atoms with E-state index in [-0.39, 0.29) is 0 Å². The zero-order valence-corrected chi connectivity index (χ0v) is 11.0. The summed E-state index contributed by atoms with van der Waals surface area (Å²) in [6.07, 6.45) is 1.05. The average molecular weight is 290 g/mol. The lowest BCUT2D eigenvalue weighted by molar-refractivity contribution is 1.11. The molecular weight excluding hydrogens is 280 g/mol. The molecule has 0 unspecified atom stereocenters. The Balaban J connectivity index is 2.77. The van der Waals surface area contributed by atoms with Crippen molar-refractivity contribution in [3.63, 3.8) is 0 Å². The van der Waals surface area contributed by atoms with Gasteiger partial charge < -0.3 is 0 Å². The number of alkyl halides is 1. The van der Waals surface area contributed by atoms with Crippen LogP contribution in [0.25, 0.3) is 10.1 Å². The first kappa shape index (κ1) is 10.5. The molecule has 0 bridgehead atoms. The summed E-state index contributed by atoms with van der Waals surface area (Å²) in [7, 11) is 0. The van der Waals surface area contributed by atoms with Crippen LogP contribution in [0.15, 0.2) is 22.0 Å². The van der Waals surface area contributed by atoms with Crippen LogP contribution in [0.5, 0.6) is 0 Å². The van der Waals surface area contributed by atoms with Crippen LogP contribution in [-0.2, 0) is 12.3 Å². The van der Waals surface area contributed by atoms with E-state index in [0.717, 1.165) is 6.42 Å². The van der Waals surface area contributed by atoms with E-state index in [1.54, 1.807) is 11.3 Å². The Kier molecular flexibility index (Phi) is 3.15. The van der Waals surface area contributed by atoms with E-state index in [2.05, 4.69) is 40.4 Å².